The van der Waals surface area contributed by atoms with Crippen molar-refractivity contribution < 1.29 is 0 Å². The second-order valence-corrected chi connectivity index (χ2v) is 5.78. The summed E-state index contributed by atoms with van der Waals surface area (Å²) in [5.74, 6) is 0. The summed E-state index contributed by atoms with van der Waals surface area (Å²) < 4.78 is 1.92. The number of nitrogens with one attached hydrogen (secondary N) is 1. The molecule has 0 radical (unpaired) electrons. The molecule has 2 aromatic rings. The van der Waals surface area contributed by atoms with Crippen LogP contribution in [0.15, 0.2) is 24.4 Å². The maximum atomic E-state index is 6.37. The van der Waals surface area contributed by atoms with Crippen molar-refractivity contribution in [2.75, 3.05) is 6.54 Å². The summed E-state index contributed by atoms with van der Waals surface area (Å²) >= 11 is 12.5. The van der Waals surface area contributed by atoms with Gasteiger partial charge in [0, 0.05) is 16.6 Å². The van der Waals surface area contributed by atoms with Crippen LogP contribution in [0.2, 0.25) is 10.0 Å². The lowest BCUT2D eigenvalue weighted by molar-refractivity contribution is 0.504. The third-order valence-electron chi connectivity index (χ3n) is 3.25. The van der Waals surface area contributed by atoms with Gasteiger partial charge in [-0.05, 0) is 43.1 Å². The van der Waals surface area contributed by atoms with Gasteiger partial charge in [-0.1, -0.05) is 42.3 Å². The Labute approximate surface area is 135 Å². The summed E-state index contributed by atoms with van der Waals surface area (Å²) in [5.41, 5.74) is 1.96. The van der Waals surface area contributed by atoms with Crippen LogP contribution in [0, 0.1) is 0 Å². The Hall–Kier alpha value is -1.10. The second kappa shape index (κ2) is 7.78. The largest absolute Gasteiger partial charge is 0.305 e. The van der Waals surface area contributed by atoms with E-state index in [2.05, 4.69) is 29.5 Å². The van der Waals surface area contributed by atoms with Crippen LogP contribution in [0.5, 0.6) is 0 Å². The molecule has 0 aliphatic heterocycles. The molecule has 0 bridgehead atoms. The van der Waals surface area contributed by atoms with Gasteiger partial charge in [-0.25, -0.2) is 4.68 Å². The Bertz CT molecular complexity index is 583. The first kappa shape index (κ1) is 16.3. The maximum Gasteiger partial charge on any atom is 0.0802 e. The minimum atomic E-state index is -0.0577. The first-order valence-corrected chi connectivity index (χ1v) is 7.99. The van der Waals surface area contributed by atoms with Crippen molar-refractivity contribution in [3.63, 3.8) is 0 Å². The zero-order chi connectivity index (χ0) is 15.2. The van der Waals surface area contributed by atoms with Crippen LogP contribution in [-0.4, -0.2) is 21.5 Å². The summed E-state index contributed by atoms with van der Waals surface area (Å²) in [6.45, 7) is 5.96. The SMILES string of the molecule is CCCNC(c1cc(Cl)ccc1Cl)c1cnnn1CCC. The maximum absolute atomic E-state index is 6.37. The van der Waals surface area contributed by atoms with Gasteiger partial charge in [-0.15, -0.1) is 5.10 Å². The number of hydrogen-bond acceptors (Lipinski definition) is 3. The number of rotatable bonds is 7. The van der Waals surface area contributed by atoms with Crippen molar-refractivity contribution in [1.82, 2.24) is 20.3 Å². The lowest BCUT2D eigenvalue weighted by Gasteiger charge is -2.21. The van der Waals surface area contributed by atoms with Crippen LogP contribution < -0.4 is 5.32 Å². The molecule has 4 nitrogen and oxygen atoms in total. The molecule has 1 N–H and O–H groups in total. The normalized spacial score (nSPS) is 12.6. The fourth-order valence-corrected chi connectivity index (χ4v) is 2.68. The number of aryl methyl sites for hydroxylation is 1. The highest BCUT2D eigenvalue weighted by atomic mass is 35.5. The topological polar surface area (TPSA) is 42.7 Å². The van der Waals surface area contributed by atoms with E-state index in [-0.39, 0.29) is 6.04 Å². The molecule has 1 atom stereocenters. The molecule has 21 heavy (non-hydrogen) atoms. The smallest absolute Gasteiger partial charge is 0.0802 e. The molecule has 0 aliphatic carbocycles. The molecular formula is C15H20Cl2N4. The molecule has 0 aliphatic rings. The number of nitrogens with zero attached hydrogens (tertiary/aromatic N) is 3. The van der Waals surface area contributed by atoms with Crippen molar-refractivity contribution >= 4 is 23.2 Å². The molecule has 6 heteroatoms. The predicted octanol–water partition coefficient (Wildman–Crippen LogP) is 4.08. The zero-order valence-corrected chi connectivity index (χ0v) is 13.8. The van der Waals surface area contributed by atoms with Gasteiger partial charge in [0.05, 0.1) is 17.9 Å². The van der Waals surface area contributed by atoms with Crippen LogP contribution in [0.3, 0.4) is 0 Å². The van der Waals surface area contributed by atoms with Crippen LogP contribution in [0.25, 0.3) is 0 Å². The van der Waals surface area contributed by atoms with E-state index >= 15 is 0 Å². The van der Waals surface area contributed by atoms with E-state index in [1.165, 1.54) is 0 Å². The van der Waals surface area contributed by atoms with Crippen LogP contribution in [0.4, 0.5) is 0 Å². The Morgan fingerprint density at radius 1 is 1.24 bits per heavy atom. The summed E-state index contributed by atoms with van der Waals surface area (Å²) in [7, 11) is 0. The van der Waals surface area contributed by atoms with E-state index in [0.29, 0.717) is 10.0 Å². The van der Waals surface area contributed by atoms with Gasteiger partial charge in [-0.2, -0.15) is 0 Å². The van der Waals surface area contributed by atoms with E-state index in [4.69, 9.17) is 23.2 Å². The fourth-order valence-electron chi connectivity index (χ4n) is 2.27. The van der Waals surface area contributed by atoms with Crippen LogP contribution in [-0.2, 0) is 6.54 Å². The molecule has 1 unspecified atom stereocenters. The van der Waals surface area contributed by atoms with Gasteiger partial charge in [0.1, 0.15) is 0 Å². The van der Waals surface area contributed by atoms with E-state index in [1.54, 1.807) is 12.3 Å². The van der Waals surface area contributed by atoms with Crippen molar-refractivity contribution in [1.29, 1.82) is 0 Å². The molecule has 1 heterocycles. The van der Waals surface area contributed by atoms with E-state index in [0.717, 1.165) is 37.2 Å². The molecule has 114 valence electrons. The fraction of sp³-hybridized carbons (Fsp3) is 0.467. The summed E-state index contributed by atoms with van der Waals surface area (Å²) in [6.07, 6.45) is 3.82. The van der Waals surface area contributed by atoms with Gasteiger partial charge in [0.2, 0.25) is 0 Å². The van der Waals surface area contributed by atoms with Crippen molar-refractivity contribution in [3.05, 3.63) is 45.7 Å². The van der Waals surface area contributed by atoms with Gasteiger partial charge >= 0.3 is 0 Å². The molecule has 0 fully saturated rings. The Morgan fingerprint density at radius 3 is 2.76 bits per heavy atom. The van der Waals surface area contributed by atoms with Gasteiger partial charge < -0.3 is 5.32 Å². The third kappa shape index (κ3) is 3.96. The molecule has 1 aromatic heterocycles. The number of hydrogen-bond donors (Lipinski definition) is 1. The molecule has 0 saturated heterocycles. The lowest BCUT2D eigenvalue weighted by atomic mass is 10.0. The quantitative estimate of drug-likeness (QED) is 0.833. The number of aromatic nitrogens is 3. The van der Waals surface area contributed by atoms with Crippen molar-refractivity contribution in [2.24, 2.45) is 0 Å². The second-order valence-electron chi connectivity index (χ2n) is 4.93. The first-order valence-electron chi connectivity index (χ1n) is 7.24. The molecule has 1 aromatic carbocycles. The van der Waals surface area contributed by atoms with Crippen molar-refractivity contribution in [2.45, 2.75) is 39.3 Å². The van der Waals surface area contributed by atoms with E-state index in [1.807, 2.05) is 16.8 Å². The summed E-state index contributed by atoms with van der Waals surface area (Å²) in [5, 5.41) is 13.1. The van der Waals surface area contributed by atoms with Gasteiger partial charge in [0.15, 0.2) is 0 Å². The van der Waals surface area contributed by atoms with Crippen LogP contribution in [0.1, 0.15) is 44.0 Å². The minimum absolute atomic E-state index is 0.0577. The monoisotopic (exact) mass is 326 g/mol. The Kier molecular flexibility index (Phi) is 6.03. The average molecular weight is 327 g/mol. The average Bonchev–Trinajstić information content (AvgIpc) is 2.92. The number of benzene rings is 1. The summed E-state index contributed by atoms with van der Waals surface area (Å²) in [6, 6.07) is 5.47. The van der Waals surface area contributed by atoms with E-state index in [9.17, 15) is 0 Å². The molecular weight excluding hydrogens is 307 g/mol. The zero-order valence-electron chi connectivity index (χ0n) is 12.3. The van der Waals surface area contributed by atoms with Crippen LogP contribution >= 0.6 is 23.2 Å². The Morgan fingerprint density at radius 2 is 2.05 bits per heavy atom. The number of halogens is 2. The predicted molar refractivity (Wildman–Crippen MR) is 86.9 cm³/mol. The first-order chi connectivity index (χ1) is 10.2. The molecule has 0 spiro atoms. The molecule has 0 saturated carbocycles. The Balaban J connectivity index is 2.42. The highest BCUT2D eigenvalue weighted by molar-refractivity contribution is 6.33. The van der Waals surface area contributed by atoms with Crippen molar-refractivity contribution in [3.8, 4) is 0 Å². The highest BCUT2D eigenvalue weighted by Gasteiger charge is 2.21. The third-order valence-corrected chi connectivity index (χ3v) is 3.83. The van der Waals surface area contributed by atoms with Gasteiger partial charge in [-0.3, -0.25) is 0 Å². The van der Waals surface area contributed by atoms with Gasteiger partial charge in [0.25, 0.3) is 0 Å². The van der Waals surface area contributed by atoms with E-state index < -0.39 is 0 Å². The minimum Gasteiger partial charge on any atom is -0.305 e. The molecule has 0 amide bonds. The summed E-state index contributed by atoms with van der Waals surface area (Å²) in [4.78, 5) is 0. The standard InChI is InChI=1S/C15H20Cl2N4/c1-3-7-18-15(12-9-11(16)5-6-13(12)17)14-10-19-20-21(14)8-4-2/h5-6,9-10,15,18H,3-4,7-8H2,1-2H3. The molecule has 2 rings (SSSR count). The lowest BCUT2D eigenvalue weighted by Crippen LogP contribution is -2.26. The highest BCUT2D eigenvalue weighted by Crippen LogP contribution is 2.30.